The minimum absolute atomic E-state index is 0.107. The molecule has 2 fully saturated rings. The van der Waals surface area contributed by atoms with Crippen molar-refractivity contribution in [3.8, 4) is 0 Å². The van der Waals surface area contributed by atoms with Crippen molar-refractivity contribution >= 4 is 11.9 Å². The highest BCUT2D eigenvalue weighted by Crippen LogP contribution is 2.34. The van der Waals surface area contributed by atoms with Gasteiger partial charge in [-0.25, -0.2) is 4.79 Å². The summed E-state index contributed by atoms with van der Waals surface area (Å²) < 4.78 is 10.2. The summed E-state index contributed by atoms with van der Waals surface area (Å²) in [5.74, 6) is 0.107. The summed E-state index contributed by atoms with van der Waals surface area (Å²) in [5, 5.41) is 0. The number of Topliss-reactive ketones (excluding diaryl/α,β-unsaturated/α-hetero) is 1. The SMILES string of the molecule is [CH]C([CH])([CH])OC(=O)N1CCC2(CC1)CC(=O)CO2. The zero-order valence-corrected chi connectivity index (χ0v) is 10.1. The monoisotopic (exact) mass is 249 g/mol. The molecule has 2 saturated heterocycles. The van der Waals surface area contributed by atoms with E-state index in [0.717, 1.165) is 0 Å². The van der Waals surface area contributed by atoms with Gasteiger partial charge in [-0.1, -0.05) is 0 Å². The van der Waals surface area contributed by atoms with E-state index < -0.39 is 17.3 Å². The van der Waals surface area contributed by atoms with Gasteiger partial charge in [0.1, 0.15) is 12.2 Å². The van der Waals surface area contributed by atoms with E-state index in [0.29, 0.717) is 32.4 Å². The molecular weight excluding hydrogens is 234 g/mol. The summed E-state index contributed by atoms with van der Waals surface area (Å²) in [6, 6.07) is 0. The summed E-state index contributed by atoms with van der Waals surface area (Å²) >= 11 is 0. The second-order valence-corrected chi connectivity index (χ2v) is 4.90. The number of amides is 1. The maximum atomic E-state index is 11.6. The van der Waals surface area contributed by atoms with Crippen LogP contribution in [0.1, 0.15) is 19.3 Å². The van der Waals surface area contributed by atoms with E-state index in [-0.39, 0.29) is 12.4 Å². The van der Waals surface area contributed by atoms with Gasteiger partial charge in [0.15, 0.2) is 5.78 Å². The molecule has 0 atom stereocenters. The summed E-state index contributed by atoms with van der Waals surface area (Å²) in [6.07, 6.45) is 0.965. The van der Waals surface area contributed by atoms with Crippen molar-refractivity contribution in [2.45, 2.75) is 30.5 Å². The maximum Gasteiger partial charge on any atom is 0.410 e. The Bertz CT molecular complexity index is 350. The van der Waals surface area contributed by atoms with Crippen LogP contribution < -0.4 is 0 Å². The normalized spacial score (nSPS) is 23.5. The minimum atomic E-state index is -1.97. The molecule has 0 N–H and O–H groups in total. The Hall–Kier alpha value is -1.10. The first-order chi connectivity index (χ1) is 8.30. The predicted octanol–water partition coefficient (Wildman–Crippen LogP) is 0.819. The largest absolute Gasteiger partial charge is 0.442 e. The highest BCUT2D eigenvalue weighted by atomic mass is 16.6. The Morgan fingerprint density at radius 1 is 1.33 bits per heavy atom. The lowest BCUT2D eigenvalue weighted by atomic mass is 9.88. The first-order valence-electron chi connectivity index (χ1n) is 5.80. The van der Waals surface area contributed by atoms with Crippen molar-refractivity contribution in [1.82, 2.24) is 4.90 Å². The number of ketones is 1. The third-order valence-corrected chi connectivity index (χ3v) is 3.26. The van der Waals surface area contributed by atoms with Crippen molar-refractivity contribution in [3.05, 3.63) is 20.8 Å². The molecule has 6 radical (unpaired) electrons. The van der Waals surface area contributed by atoms with Crippen LogP contribution in [0.3, 0.4) is 0 Å². The first kappa shape index (κ1) is 13.3. The van der Waals surface area contributed by atoms with Gasteiger partial charge >= 0.3 is 6.09 Å². The topological polar surface area (TPSA) is 55.8 Å². The second kappa shape index (κ2) is 4.53. The molecule has 5 heteroatoms. The van der Waals surface area contributed by atoms with Crippen LogP contribution in [0, 0.1) is 20.8 Å². The van der Waals surface area contributed by atoms with Gasteiger partial charge in [-0.2, -0.15) is 0 Å². The summed E-state index contributed by atoms with van der Waals surface area (Å²) in [4.78, 5) is 24.3. The van der Waals surface area contributed by atoms with Crippen LogP contribution in [0.5, 0.6) is 0 Å². The molecule has 18 heavy (non-hydrogen) atoms. The molecule has 1 spiro atoms. The van der Waals surface area contributed by atoms with Crippen LogP contribution in [0.15, 0.2) is 0 Å². The van der Waals surface area contributed by atoms with Crippen LogP contribution in [0.25, 0.3) is 0 Å². The molecule has 1 amide bonds. The van der Waals surface area contributed by atoms with E-state index in [9.17, 15) is 9.59 Å². The van der Waals surface area contributed by atoms with Crippen molar-refractivity contribution in [1.29, 1.82) is 0 Å². The summed E-state index contributed by atoms with van der Waals surface area (Å²) in [7, 11) is 0. The van der Waals surface area contributed by atoms with E-state index in [1.165, 1.54) is 4.90 Å². The Morgan fingerprint density at radius 2 is 1.94 bits per heavy atom. The lowest BCUT2D eigenvalue weighted by Gasteiger charge is -2.38. The zero-order chi connectivity index (χ0) is 13.4. The molecule has 0 aromatic carbocycles. The standard InChI is InChI=1S/C13H15NO4/c1-12(2,3)18-11(16)14-6-4-13(5-7-14)8-10(15)9-17-13/h1-3H,4-9H2. The zero-order valence-electron chi connectivity index (χ0n) is 10.1. The fourth-order valence-electron chi connectivity index (χ4n) is 2.33. The van der Waals surface area contributed by atoms with Crippen molar-refractivity contribution in [2.75, 3.05) is 19.7 Å². The minimum Gasteiger partial charge on any atom is -0.442 e. The van der Waals surface area contributed by atoms with E-state index >= 15 is 0 Å². The number of hydrogen-bond acceptors (Lipinski definition) is 4. The van der Waals surface area contributed by atoms with E-state index in [4.69, 9.17) is 25.5 Å². The van der Waals surface area contributed by atoms with Gasteiger partial charge in [0.05, 0.1) is 5.60 Å². The molecule has 0 aliphatic carbocycles. The number of rotatable bonds is 1. The molecule has 2 heterocycles. The molecule has 0 aromatic heterocycles. The summed E-state index contributed by atoms with van der Waals surface area (Å²) in [5.41, 5.74) is -2.37. The van der Waals surface area contributed by atoms with Crippen LogP contribution in [0.2, 0.25) is 0 Å². The molecule has 5 nitrogen and oxygen atoms in total. The molecule has 0 bridgehead atoms. The van der Waals surface area contributed by atoms with Gasteiger partial charge in [0, 0.05) is 40.3 Å². The van der Waals surface area contributed by atoms with Crippen LogP contribution in [0.4, 0.5) is 4.79 Å². The van der Waals surface area contributed by atoms with E-state index in [1.807, 2.05) is 0 Å². The second-order valence-electron chi connectivity index (χ2n) is 4.90. The number of ether oxygens (including phenoxy) is 2. The fraction of sp³-hybridized carbons (Fsp3) is 0.615. The quantitative estimate of drug-likeness (QED) is 0.690. The van der Waals surface area contributed by atoms with Gasteiger partial charge in [-0.05, 0) is 12.8 Å². The molecular formula is C13H15NO4. The molecule has 96 valence electrons. The number of carbonyl (C=O) groups is 2. The average Bonchev–Trinajstić information content (AvgIpc) is 2.58. The maximum absolute atomic E-state index is 11.6. The third-order valence-electron chi connectivity index (χ3n) is 3.26. The molecule has 0 saturated carbocycles. The number of carbonyl (C=O) groups excluding carboxylic acids is 2. The molecule has 2 aliphatic heterocycles. The van der Waals surface area contributed by atoms with Crippen LogP contribution in [-0.2, 0) is 14.3 Å². The van der Waals surface area contributed by atoms with Gasteiger partial charge in [0.25, 0.3) is 0 Å². The van der Waals surface area contributed by atoms with Crippen LogP contribution in [-0.4, -0.2) is 47.7 Å². The van der Waals surface area contributed by atoms with E-state index in [1.54, 1.807) is 0 Å². The van der Waals surface area contributed by atoms with Gasteiger partial charge in [-0.3, -0.25) is 4.79 Å². The highest BCUT2D eigenvalue weighted by Gasteiger charge is 2.43. The lowest BCUT2D eigenvalue weighted by molar-refractivity contribution is -0.118. The Labute approximate surface area is 107 Å². The Kier molecular flexibility index (Phi) is 3.36. The number of nitrogens with zero attached hydrogens (tertiary/aromatic N) is 1. The fourth-order valence-corrected chi connectivity index (χ4v) is 2.33. The number of piperidine rings is 1. The summed E-state index contributed by atoms with van der Waals surface area (Å²) in [6.45, 7) is 16.6. The van der Waals surface area contributed by atoms with Crippen molar-refractivity contribution < 1.29 is 19.1 Å². The van der Waals surface area contributed by atoms with Crippen LogP contribution >= 0.6 is 0 Å². The Balaban J connectivity index is 1.87. The smallest absolute Gasteiger partial charge is 0.410 e. The van der Waals surface area contributed by atoms with Gasteiger partial charge in [-0.15, -0.1) is 0 Å². The lowest BCUT2D eigenvalue weighted by Crippen LogP contribution is -2.48. The van der Waals surface area contributed by atoms with E-state index in [2.05, 4.69) is 4.74 Å². The molecule has 2 rings (SSSR count). The number of likely N-dealkylation sites (tertiary alicyclic amines) is 1. The van der Waals surface area contributed by atoms with Gasteiger partial charge in [0.2, 0.25) is 0 Å². The molecule has 0 unspecified atom stereocenters. The highest BCUT2D eigenvalue weighted by molar-refractivity contribution is 5.82. The van der Waals surface area contributed by atoms with Gasteiger partial charge < -0.3 is 14.4 Å². The van der Waals surface area contributed by atoms with Crippen molar-refractivity contribution in [3.63, 3.8) is 0 Å². The predicted molar refractivity (Wildman–Crippen MR) is 61.2 cm³/mol. The third kappa shape index (κ3) is 3.02. The molecule has 2 aliphatic rings. The van der Waals surface area contributed by atoms with Crippen molar-refractivity contribution in [2.24, 2.45) is 0 Å². The Morgan fingerprint density at radius 3 is 2.39 bits per heavy atom. The number of hydrogen-bond donors (Lipinski definition) is 0. The first-order valence-corrected chi connectivity index (χ1v) is 5.80. The molecule has 0 aromatic rings. The average molecular weight is 249 g/mol.